The molecule has 3 N–H and O–H groups in total. The molecule has 4 nitrogen and oxygen atoms in total. The first-order chi connectivity index (χ1) is 5.33. The Labute approximate surface area is 76.8 Å². The van der Waals surface area contributed by atoms with Gasteiger partial charge in [0.1, 0.15) is 18.2 Å². The molecule has 5 heteroatoms. The smallest absolute Gasteiger partial charge is 0.126 e. The van der Waals surface area contributed by atoms with E-state index < -0.39 is 0 Å². The molecule has 1 aromatic heterocycles. The Morgan fingerprint density at radius 1 is 1.58 bits per heavy atom. The van der Waals surface area contributed by atoms with Gasteiger partial charge in [0, 0.05) is 12.3 Å². The van der Waals surface area contributed by atoms with Crippen LogP contribution in [0.3, 0.4) is 0 Å². The number of rotatable bonds is 3. The predicted molar refractivity (Wildman–Crippen MR) is 48.5 cm³/mol. The summed E-state index contributed by atoms with van der Waals surface area (Å²) in [5.41, 5.74) is 5.38. The fourth-order valence-electron chi connectivity index (χ4n) is 0.681. The van der Waals surface area contributed by atoms with Crippen molar-refractivity contribution in [3.63, 3.8) is 0 Å². The molecule has 0 aromatic carbocycles. The first-order valence-electron chi connectivity index (χ1n) is 3.28. The zero-order chi connectivity index (χ0) is 8.10. The molecule has 0 unspecified atom stereocenters. The number of aliphatic hydroxyl groups is 1. The Morgan fingerprint density at radius 3 is 2.92 bits per heavy atom. The largest absolute Gasteiger partial charge is 0.491 e. The first-order valence-corrected chi connectivity index (χ1v) is 3.28. The quantitative estimate of drug-likeness (QED) is 0.727. The normalized spacial score (nSPS) is 8.75. The minimum atomic E-state index is 0. The van der Waals surface area contributed by atoms with Crippen LogP contribution in [0.15, 0.2) is 18.3 Å². The minimum absolute atomic E-state index is 0. The van der Waals surface area contributed by atoms with E-state index in [1.807, 2.05) is 0 Å². The number of halogens is 1. The van der Waals surface area contributed by atoms with Crippen molar-refractivity contribution in [2.45, 2.75) is 0 Å². The molecule has 0 aliphatic carbocycles. The van der Waals surface area contributed by atoms with Gasteiger partial charge in [-0.3, -0.25) is 0 Å². The molecule has 12 heavy (non-hydrogen) atoms. The fraction of sp³-hybridized carbons (Fsp3) is 0.286. The number of anilines is 1. The second kappa shape index (κ2) is 5.62. The number of hydrogen-bond donors (Lipinski definition) is 2. The third-order valence-electron chi connectivity index (χ3n) is 1.11. The van der Waals surface area contributed by atoms with Gasteiger partial charge in [0.05, 0.1) is 6.61 Å². The van der Waals surface area contributed by atoms with Crippen molar-refractivity contribution in [3.05, 3.63) is 18.3 Å². The molecule has 0 aliphatic heterocycles. The van der Waals surface area contributed by atoms with Crippen LogP contribution in [0.1, 0.15) is 0 Å². The second-order valence-electron chi connectivity index (χ2n) is 1.99. The van der Waals surface area contributed by atoms with Crippen molar-refractivity contribution in [1.29, 1.82) is 0 Å². The lowest BCUT2D eigenvalue weighted by Gasteiger charge is -2.02. The van der Waals surface area contributed by atoms with E-state index in [0.717, 1.165) is 0 Å². The summed E-state index contributed by atoms with van der Waals surface area (Å²) in [5, 5.41) is 8.42. The lowest BCUT2D eigenvalue weighted by Crippen LogP contribution is -2.02. The molecule has 0 spiro atoms. The van der Waals surface area contributed by atoms with Crippen LogP contribution in [0.4, 0.5) is 5.82 Å². The maximum absolute atomic E-state index is 8.42. The van der Waals surface area contributed by atoms with Gasteiger partial charge >= 0.3 is 0 Å². The van der Waals surface area contributed by atoms with Gasteiger partial charge in [0.2, 0.25) is 0 Å². The Bertz CT molecular complexity index is 232. The number of aliphatic hydroxyl groups excluding tert-OH is 1. The molecule has 0 saturated carbocycles. The number of aromatic nitrogens is 1. The first kappa shape index (κ1) is 11.0. The van der Waals surface area contributed by atoms with E-state index in [1.54, 1.807) is 18.3 Å². The molecular formula is C7H11ClN2O2. The highest BCUT2D eigenvalue weighted by Gasteiger charge is 1.92. The van der Waals surface area contributed by atoms with Crippen molar-refractivity contribution in [2.24, 2.45) is 0 Å². The van der Waals surface area contributed by atoms with E-state index in [1.165, 1.54) is 0 Å². The van der Waals surface area contributed by atoms with Crippen LogP contribution in [0.25, 0.3) is 0 Å². The highest BCUT2D eigenvalue weighted by atomic mass is 35.5. The summed E-state index contributed by atoms with van der Waals surface area (Å²) in [6, 6.07) is 3.29. The van der Waals surface area contributed by atoms with Crippen LogP contribution in [0.2, 0.25) is 0 Å². The third-order valence-corrected chi connectivity index (χ3v) is 1.11. The predicted octanol–water partition coefficient (Wildman–Crippen LogP) is 0.457. The van der Waals surface area contributed by atoms with Gasteiger partial charge in [-0.15, -0.1) is 12.4 Å². The third kappa shape index (κ3) is 3.41. The Balaban J connectivity index is 0.00000121. The summed E-state index contributed by atoms with van der Waals surface area (Å²) < 4.78 is 5.07. The zero-order valence-electron chi connectivity index (χ0n) is 6.43. The summed E-state index contributed by atoms with van der Waals surface area (Å²) >= 11 is 0. The molecule has 0 atom stereocenters. The lowest BCUT2D eigenvalue weighted by atomic mass is 10.4. The number of nitrogen functional groups attached to an aromatic ring is 1. The Hall–Kier alpha value is -1.00. The SMILES string of the molecule is Cl.Nc1cc(OCCO)ccn1. The number of nitrogens with zero attached hydrogens (tertiary/aromatic N) is 1. The molecule has 0 amide bonds. The van der Waals surface area contributed by atoms with Gasteiger partial charge in [-0.05, 0) is 6.07 Å². The number of nitrogens with two attached hydrogens (primary N) is 1. The molecule has 0 saturated heterocycles. The van der Waals surface area contributed by atoms with E-state index in [2.05, 4.69) is 4.98 Å². The average molecular weight is 191 g/mol. The molecule has 1 aromatic rings. The van der Waals surface area contributed by atoms with E-state index >= 15 is 0 Å². The van der Waals surface area contributed by atoms with E-state index in [-0.39, 0.29) is 25.6 Å². The standard InChI is InChI=1S/C7H10N2O2.ClH/c8-7-5-6(1-2-9-7)11-4-3-10;/h1-2,5,10H,3-4H2,(H2,8,9);1H. The summed E-state index contributed by atoms with van der Waals surface area (Å²) in [5.74, 6) is 1.05. The van der Waals surface area contributed by atoms with Crippen molar-refractivity contribution in [2.75, 3.05) is 18.9 Å². The fourth-order valence-corrected chi connectivity index (χ4v) is 0.681. The second-order valence-corrected chi connectivity index (χ2v) is 1.99. The lowest BCUT2D eigenvalue weighted by molar-refractivity contribution is 0.201. The molecule has 0 radical (unpaired) electrons. The van der Waals surface area contributed by atoms with Crippen LogP contribution in [0.5, 0.6) is 5.75 Å². The van der Waals surface area contributed by atoms with Crippen LogP contribution in [-0.2, 0) is 0 Å². The van der Waals surface area contributed by atoms with Crippen molar-refractivity contribution in [3.8, 4) is 5.75 Å². The van der Waals surface area contributed by atoms with Gasteiger partial charge < -0.3 is 15.6 Å². The van der Waals surface area contributed by atoms with Crippen LogP contribution < -0.4 is 10.5 Å². The maximum atomic E-state index is 8.42. The molecule has 0 bridgehead atoms. The molecule has 1 rings (SSSR count). The van der Waals surface area contributed by atoms with Crippen molar-refractivity contribution >= 4 is 18.2 Å². The van der Waals surface area contributed by atoms with Crippen molar-refractivity contribution < 1.29 is 9.84 Å². The Morgan fingerprint density at radius 2 is 2.33 bits per heavy atom. The van der Waals surface area contributed by atoms with Gasteiger partial charge in [-0.25, -0.2) is 4.98 Å². The summed E-state index contributed by atoms with van der Waals surface area (Å²) in [6.45, 7) is 0.283. The highest BCUT2D eigenvalue weighted by Crippen LogP contribution is 2.10. The van der Waals surface area contributed by atoms with E-state index in [4.69, 9.17) is 15.6 Å². The molecule has 0 fully saturated rings. The van der Waals surface area contributed by atoms with E-state index in [0.29, 0.717) is 11.6 Å². The number of ether oxygens (including phenoxy) is 1. The van der Waals surface area contributed by atoms with Gasteiger partial charge in [0.25, 0.3) is 0 Å². The summed E-state index contributed by atoms with van der Waals surface area (Å²) in [4.78, 5) is 3.78. The minimum Gasteiger partial charge on any atom is -0.491 e. The summed E-state index contributed by atoms with van der Waals surface area (Å²) in [6.07, 6.45) is 1.56. The van der Waals surface area contributed by atoms with Crippen molar-refractivity contribution in [1.82, 2.24) is 4.98 Å². The molecular weight excluding hydrogens is 180 g/mol. The summed E-state index contributed by atoms with van der Waals surface area (Å²) in [7, 11) is 0. The Kier molecular flexibility index (Phi) is 5.16. The van der Waals surface area contributed by atoms with Gasteiger partial charge in [-0.1, -0.05) is 0 Å². The molecule has 1 heterocycles. The average Bonchev–Trinajstić information content (AvgIpc) is 2.01. The highest BCUT2D eigenvalue weighted by molar-refractivity contribution is 5.85. The number of hydrogen-bond acceptors (Lipinski definition) is 4. The van der Waals surface area contributed by atoms with Gasteiger partial charge in [-0.2, -0.15) is 0 Å². The number of pyridine rings is 1. The topological polar surface area (TPSA) is 68.4 Å². The maximum Gasteiger partial charge on any atom is 0.126 e. The monoisotopic (exact) mass is 190 g/mol. The molecule has 0 aliphatic rings. The van der Waals surface area contributed by atoms with Crippen LogP contribution >= 0.6 is 12.4 Å². The van der Waals surface area contributed by atoms with Crippen LogP contribution in [-0.4, -0.2) is 23.3 Å². The zero-order valence-corrected chi connectivity index (χ0v) is 7.25. The van der Waals surface area contributed by atoms with Crippen LogP contribution in [0, 0.1) is 0 Å². The molecule has 68 valence electrons. The van der Waals surface area contributed by atoms with E-state index in [9.17, 15) is 0 Å². The van der Waals surface area contributed by atoms with Gasteiger partial charge in [0.15, 0.2) is 0 Å².